The monoisotopic (exact) mass is 329 g/mol. The molecule has 1 atom stereocenters. The third kappa shape index (κ3) is 2.77. The van der Waals surface area contributed by atoms with Gasteiger partial charge in [-0.05, 0) is 36.8 Å². The van der Waals surface area contributed by atoms with Gasteiger partial charge in [-0.15, -0.1) is 11.3 Å². The number of aromatic nitrogens is 1. The fourth-order valence-corrected chi connectivity index (χ4v) is 4.37. The molecule has 1 aromatic carbocycles. The van der Waals surface area contributed by atoms with Gasteiger partial charge in [0.05, 0.1) is 17.8 Å². The van der Waals surface area contributed by atoms with Crippen molar-refractivity contribution in [1.29, 1.82) is 0 Å². The Morgan fingerprint density at radius 1 is 1.39 bits per heavy atom. The van der Waals surface area contributed by atoms with E-state index in [9.17, 15) is 5.11 Å². The summed E-state index contributed by atoms with van der Waals surface area (Å²) in [6, 6.07) is 9.13. The molecule has 2 aliphatic carbocycles. The van der Waals surface area contributed by atoms with E-state index in [1.165, 1.54) is 24.0 Å². The highest BCUT2D eigenvalue weighted by Crippen LogP contribution is 2.37. The number of hydrogen-bond donors (Lipinski definition) is 2. The fourth-order valence-electron chi connectivity index (χ4n) is 3.51. The highest BCUT2D eigenvalue weighted by Gasteiger charge is 2.37. The van der Waals surface area contributed by atoms with Crippen LogP contribution in [0.4, 0.5) is 5.13 Å². The summed E-state index contributed by atoms with van der Waals surface area (Å²) in [4.78, 5) is 7.05. The van der Waals surface area contributed by atoms with Crippen molar-refractivity contribution in [2.24, 2.45) is 0 Å². The van der Waals surface area contributed by atoms with Crippen molar-refractivity contribution in [3.05, 3.63) is 46.5 Å². The zero-order chi connectivity index (χ0) is 15.9. The molecule has 1 saturated carbocycles. The molecular formula is C18H23N3OS. The van der Waals surface area contributed by atoms with E-state index in [-0.39, 0.29) is 12.1 Å². The van der Waals surface area contributed by atoms with Crippen LogP contribution in [0.1, 0.15) is 36.1 Å². The molecule has 1 fully saturated rings. The first kappa shape index (κ1) is 15.1. The Morgan fingerprint density at radius 2 is 2.22 bits per heavy atom. The first-order chi connectivity index (χ1) is 11.2. The molecule has 0 saturated heterocycles. The molecule has 4 nitrogen and oxygen atoms in total. The SMILES string of the molecule is CN(c1nc(CNC2(CO)CCc3ccccc32)cs1)C1CC1. The summed E-state index contributed by atoms with van der Waals surface area (Å²) < 4.78 is 0. The number of aliphatic hydroxyl groups is 1. The van der Waals surface area contributed by atoms with Crippen LogP contribution in [-0.2, 0) is 18.5 Å². The van der Waals surface area contributed by atoms with Gasteiger partial charge in [0.2, 0.25) is 0 Å². The number of aryl methyl sites for hydroxylation is 1. The van der Waals surface area contributed by atoms with Crippen molar-refractivity contribution in [3.8, 4) is 0 Å². The molecule has 4 rings (SSSR count). The van der Waals surface area contributed by atoms with Gasteiger partial charge in [0.1, 0.15) is 0 Å². The lowest BCUT2D eigenvalue weighted by atomic mass is 9.92. The summed E-state index contributed by atoms with van der Waals surface area (Å²) in [6.07, 6.45) is 4.54. The molecule has 0 amide bonds. The molecule has 1 aromatic heterocycles. The molecule has 2 N–H and O–H groups in total. The van der Waals surface area contributed by atoms with Crippen LogP contribution < -0.4 is 10.2 Å². The largest absolute Gasteiger partial charge is 0.394 e. The van der Waals surface area contributed by atoms with Gasteiger partial charge < -0.3 is 10.0 Å². The van der Waals surface area contributed by atoms with Crippen LogP contribution in [0.25, 0.3) is 0 Å². The topological polar surface area (TPSA) is 48.4 Å². The Bertz CT molecular complexity index is 697. The normalized spacial score (nSPS) is 23.0. The molecule has 1 heterocycles. The highest BCUT2D eigenvalue weighted by molar-refractivity contribution is 7.13. The van der Waals surface area contributed by atoms with E-state index in [4.69, 9.17) is 4.98 Å². The van der Waals surface area contributed by atoms with Crippen molar-refractivity contribution in [1.82, 2.24) is 10.3 Å². The van der Waals surface area contributed by atoms with Gasteiger partial charge in [0.25, 0.3) is 0 Å². The van der Waals surface area contributed by atoms with E-state index in [0.717, 1.165) is 23.7 Å². The third-order valence-corrected chi connectivity index (χ3v) is 6.15. The lowest BCUT2D eigenvalue weighted by Crippen LogP contribution is -2.43. The van der Waals surface area contributed by atoms with Crippen LogP contribution in [0.5, 0.6) is 0 Å². The molecule has 0 spiro atoms. The molecule has 0 radical (unpaired) electrons. The Labute approximate surface area is 141 Å². The van der Waals surface area contributed by atoms with Gasteiger partial charge in [-0.3, -0.25) is 5.32 Å². The molecule has 23 heavy (non-hydrogen) atoms. The zero-order valence-corrected chi connectivity index (χ0v) is 14.3. The van der Waals surface area contributed by atoms with Crippen LogP contribution in [0.3, 0.4) is 0 Å². The van der Waals surface area contributed by atoms with E-state index >= 15 is 0 Å². The average molecular weight is 329 g/mol. The maximum absolute atomic E-state index is 10.0. The standard InChI is InChI=1S/C18H23N3OS/c1-21(15-6-7-15)17-20-14(11-23-17)10-19-18(12-22)9-8-13-4-2-3-5-16(13)18/h2-5,11,15,19,22H,6-10,12H2,1H3. The number of nitrogens with one attached hydrogen (secondary N) is 1. The average Bonchev–Trinajstić information content (AvgIpc) is 3.22. The molecule has 2 aromatic rings. The lowest BCUT2D eigenvalue weighted by molar-refractivity contribution is 0.158. The summed E-state index contributed by atoms with van der Waals surface area (Å²) in [5.41, 5.74) is 3.34. The van der Waals surface area contributed by atoms with E-state index < -0.39 is 0 Å². The second kappa shape index (κ2) is 5.89. The Kier molecular flexibility index (Phi) is 3.87. The van der Waals surface area contributed by atoms with Crippen molar-refractivity contribution >= 4 is 16.5 Å². The maximum Gasteiger partial charge on any atom is 0.185 e. The van der Waals surface area contributed by atoms with Gasteiger partial charge in [0, 0.05) is 25.0 Å². The first-order valence-electron chi connectivity index (χ1n) is 8.33. The minimum Gasteiger partial charge on any atom is -0.394 e. The number of aliphatic hydroxyl groups excluding tert-OH is 1. The maximum atomic E-state index is 10.0. The van der Waals surface area contributed by atoms with Gasteiger partial charge in [0.15, 0.2) is 5.13 Å². The molecule has 0 bridgehead atoms. The number of rotatable bonds is 6. The zero-order valence-electron chi connectivity index (χ0n) is 13.5. The minimum atomic E-state index is -0.317. The molecule has 0 aliphatic heterocycles. The number of nitrogens with zero attached hydrogens (tertiary/aromatic N) is 2. The lowest BCUT2D eigenvalue weighted by Gasteiger charge is -2.29. The number of benzene rings is 1. The van der Waals surface area contributed by atoms with Gasteiger partial charge in [-0.25, -0.2) is 4.98 Å². The van der Waals surface area contributed by atoms with Gasteiger partial charge in [-0.1, -0.05) is 24.3 Å². The predicted molar refractivity (Wildman–Crippen MR) is 93.9 cm³/mol. The summed E-state index contributed by atoms with van der Waals surface area (Å²) in [5, 5.41) is 16.9. The fraction of sp³-hybridized carbons (Fsp3) is 0.500. The summed E-state index contributed by atoms with van der Waals surface area (Å²) >= 11 is 1.71. The quantitative estimate of drug-likeness (QED) is 0.855. The summed E-state index contributed by atoms with van der Waals surface area (Å²) in [7, 11) is 2.14. The van der Waals surface area contributed by atoms with Crippen molar-refractivity contribution in [2.75, 3.05) is 18.6 Å². The number of anilines is 1. The van der Waals surface area contributed by atoms with Crippen LogP contribution in [0.2, 0.25) is 0 Å². The van der Waals surface area contributed by atoms with E-state index in [2.05, 4.69) is 46.9 Å². The van der Waals surface area contributed by atoms with Crippen LogP contribution >= 0.6 is 11.3 Å². The number of thiazole rings is 1. The smallest absolute Gasteiger partial charge is 0.185 e. The highest BCUT2D eigenvalue weighted by atomic mass is 32.1. The van der Waals surface area contributed by atoms with Crippen LogP contribution in [0, 0.1) is 0 Å². The van der Waals surface area contributed by atoms with Crippen molar-refractivity contribution in [2.45, 2.75) is 43.8 Å². The third-order valence-electron chi connectivity index (χ3n) is 5.17. The van der Waals surface area contributed by atoms with Crippen molar-refractivity contribution in [3.63, 3.8) is 0 Å². The predicted octanol–water partition coefficient (Wildman–Crippen LogP) is 2.67. The summed E-state index contributed by atoms with van der Waals surface area (Å²) in [6.45, 7) is 0.826. The summed E-state index contributed by atoms with van der Waals surface area (Å²) in [5.74, 6) is 0. The molecule has 1 unspecified atom stereocenters. The first-order valence-corrected chi connectivity index (χ1v) is 9.21. The van der Waals surface area contributed by atoms with E-state index in [1.54, 1.807) is 11.3 Å². The van der Waals surface area contributed by atoms with Crippen LogP contribution in [-0.4, -0.2) is 29.8 Å². The van der Waals surface area contributed by atoms with Crippen molar-refractivity contribution < 1.29 is 5.11 Å². The minimum absolute atomic E-state index is 0.128. The Balaban J connectivity index is 1.48. The Hall–Kier alpha value is -1.43. The molecule has 122 valence electrons. The number of hydrogen-bond acceptors (Lipinski definition) is 5. The second-order valence-corrected chi connectivity index (χ2v) is 7.55. The molecule has 5 heteroatoms. The Morgan fingerprint density at radius 3 is 3.00 bits per heavy atom. The van der Waals surface area contributed by atoms with Gasteiger partial charge in [-0.2, -0.15) is 0 Å². The van der Waals surface area contributed by atoms with E-state index in [1.807, 2.05) is 0 Å². The van der Waals surface area contributed by atoms with Gasteiger partial charge >= 0.3 is 0 Å². The van der Waals surface area contributed by atoms with E-state index in [0.29, 0.717) is 12.6 Å². The molecule has 2 aliphatic rings. The second-order valence-electron chi connectivity index (χ2n) is 6.71. The molecular weight excluding hydrogens is 306 g/mol. The van der Waals surface area contributed by atoms with Crippen LogP contribution in [0.15, 0.2) is 29.6 Å². The number of fused-ring (bicyclic) bond motifs is 1.